The first-order valence-electron chi connectivity index (χ1n) is 9.55. The number of urea groups is 1. The Morgan fingerprint density at radius 1 is 0.806 bits per heavy atom. The second-order valence-electron chi connectivity index (χ2n) is 6.83. The largest absolute Gasteiger partial charge is 0.323 e. The summed E-state index contributed by atoms with van der Waals surface area (Å²) in [7, 11) is -3.55. The lowest BCUT2D eigenvalue weighted by Crippen LogP contribution is -2.21. The van der Waals surface area contributed by atoms with Crippen molar-refractivity contribution in [2.24, 2.45) is 0 Å². The first kappa shape index (κ1) is 20.4. The predicted octanol–water partition coefficient (Wildman–Crippen LogP) is 4.69. The number of H-pyrrole nitrogens is 1. The van der Waals surface area contributed by atoms with Gasteiger partial charge in [-0.3, -0.25) is 5.10 Å². The van der Waals surface area contributed by atoms with E-state index in [0.717, 1.165) is 5.56 Å². The van der Waals surface area contributed by atoms with Crippen molar-refractivity contribution in [2.45, 2.75) is 10.6 Å². The molecule has 0 atom stereocenters. The minimum Gasteiger partial charge on any atom is -0.307 e. The molecule has 31 heavy (non-hydrogen) atoms. The van der Waals surface area contributed by atoms with Gasteiger partial charge in [-0.2, -0.15) is 5.10 Å². The number of nitrogens with one attached hydrogen (secondary N) is 3. The SMILES string of the molecule is O=C(Nc1ccccc1CS(=O)(=O)c1ccccc1)Nc1cn[nH]c1-c1ccccc1. The van der Waals surface area contributed by atoms with E-state index in [9.17, 15) is 13.2 Å². The maximum Gasteiger partial charge on any atom is 0.323 e. The third-order valence-corrected chi connectivity index (χ3v) is 6.34. The van der Waals surface area contributed by atoms with Gasteiger partial charge >= 0.3 is 6.03 Å². The van der Waals surface area contributed by atoms with Gasteiger partial charge < -0.3 is 10.6 Å². The highest BCUT2D eigenvalue weighted by Gasteiger charge is 2.18. The van der Waals surface area contributed by atoms with Crippen LogP contribution < -0.4 is 10.6 Å². The Kier molecular flexibility index (Phi) is 5.81. The van der Waals surface area contributed by atoms with Crippen molar-refractivity contribution in [2.75, 3.05) is 10.6 Å². The van der Waals surface area contributed by atoms with E-state index in [4.69, 9.17) is 0 Å². The van der Waals surface area contributed by atoms with Crippen LogP contribution >= 0.6 is 0 Å². The van der Waals surface area contributed by atoms with Gasteiger partial charge in [0.15, 0.2) is 9.84 Å². The number of anilines is 2. The van der Waals surface area contributed by atoms with E-state index in [-0.39, 0.29) is 10.6 Å². The second-order valence-corrected chi connectivity index (χ2v) is 8.82. The molecule has 3 N–H and O–H groups in total. The molecule has 2 amide bonds. The molecule has 1 heterocycles. The number of rotatable bonds is 6. The topological polar surface area (TPSA) is 104 Å². The number of aromatic amines is 1. The predicted molar refractivity (Wildman–Crippen MR) is 120 cm³/mol. The van der Waals surface area contributed by atoms with Crippen LogP contribution in [0.3, 0.4) is 0 Å². The smallest absolute Gasteiger partial charge is 0.307 e. The average Bonchev–Trinajstić information content (AvgIpc) is 3.24. The Balaban J connectivity index is 1.51. The molecule has 4 aromatic rings. The number of para-hydroxylation sites is 1. The van der Waals surface area contributed by atoms with Crippen molar-refractivity contribution in [1.29, 1.82) is 0 Å². The Morgan fingerprint density at radius 3 is 2.16 bits per heavy atom. The molecule has 156 valence electrons. The van der Waals surface area contributed by atoms with Crippen molar-refractivity contribution < 1.29 is 13.2 Å². The number of carbonyl (C=O) groups is 1. The van der Waals surface area contributed by atoms with Gasteiger partial charge in [-0.05, 0) is 23.8 Å². The molecule has 0 bridgehead atoms. The molecule has 0 saturated heterocycles. The summed E-state index contributed by atoms with van der Waals surface area (Å²) in [5, 5.41) is 12.4. The minimum absolute atomic E-state index is 0.228. The highest BCUT2D eigenvalue weighted by molar-refractivity contribution is 7.90. The molecule has 0 aliphatic carbocycles. The van der Waals surface area contributed by atoms with E-state index in [1.807, 2.05) is 30.3 Å². The first-order chi connectivity index (χ1) is 15.0. The molecule has 1 aromatic heterocycles. The maximum atomic E-state index is 12.8. The molecule has 0 fully saturated rings. The molecule has 0 saturated carbocycles. The number of sulfone groups is 1. The Bertz CT molecular complexity index is 1290. The molecule has 0 aliphatic rings. The summed E-state index contributed by atoms with van der Waals surface area (Å²) in [6.07, 6.45) is 1.52. The summed E-state index contributed by atoms with van der Waals surface area (Å²) < 4.78 is 25.5. The number of benzene rings is 3. The Labute approximate surface area is 180 Å². The fraction of sp³-hybridized carbons (Fsp3) is 0.0435. The zero-order chi connectivity index (χ0) is 21.7. The lowest BCUT2D eigenvalue weighted by atomic mass is 10.1. The minimum atomic E-state index is -3.55. The van der Waals surface area contributed by atoms with Crippen LogP contribution in [0.4, 0.5) is 16.2 Å². The summed E-state index contributed by atoms with van der Waals surface area (Å²) in [5.41, 5.74) is 2.99. The van der Waals surface area contributed by atoms with Crippen LogP contribution in [0.1, 0.15) is 5.56 Å². The van der Waals surface area contributed by atoms with E-state index in [2.05, 4.69) is 20.8 Å². The van der Waals surface area contributed by atoms with Gasteiger partial charge in [-0.15, -0.1) is 0 Å². The molecule has 8 heteroatoms. The van der Waals surface area contributed by atoms with E-state index in [0.29, 0.717) is 22.6 Å². The van der Waals surface area contributed by atoms with E-state index >= 15 is 0 Å². The molecular weight excluding hydrogens is 412 g/mol. The highest BCUT2D eigenvalue weighted by atomic mass is 32.2. The summed E-state index contributed by atoms with van der Waals surface area (Å²) in [6.45, 7) is 0. The number of nitrogens with zero attached hydrogens (tertiary/aromatic N) is 1. The van der Waals surface area contributed by atoms with E-state index < -0.39 is 15.9 Å². The zero-order valence-corrected chi connectivity index (χ0v) is 17.3. The maximum absolute atomic E-state index is 12.8. The number of hydrogen-bond acceptors (Lipinski definition) is 4. The van der Waals surface area contributed by atoms with Crippen LogP contribution in [0.5, 0.6) is 0 Å². The highest BCUT2D eigenvalue weighted by Crippen LogP contribution is 2.26. The number of carbonyl (C=O) groups excluding carboxylic acids is 1. The quantitative estimate of drug-likeness (QED) is 0.411. The van der Waals surface area contributed by atoms with Gasteiger partial charge in [0.05, 0.1) is 28.2 Å². The summed E-state index contributed by atoms with van der Waals surface area (Å²) >= 11 is 0. The summed E-state index contributed by atoms with van der Waals surface area (Å²) in [5.74, 6) is -0.228. The fourth-order valence-electron chi connectivity index (χ4n) is 3.17. The van der Waals surface area contributed by atoms with Crippen LogP contribution in [0, 0.1) is 0 Å². The second kappa shape index (κ2) is 8.85. The van der Waals surface area contributed by atoms with Gasteiger partial charge in [0.1, 0.15) is 0 Å². The Morgan fingerprint density at radius 2 is 1.42 bits per heavy atom. The lowest BCUT2D eigenvalue weighted by molar-refractivity contribution is 0.262. The lowest BCUT2D eigenvalue weighted by Gasteiger charge is -2.12. The van der Waals surface area contributed by atoms with Gasteiger partial charge in [-0.1, -0.05) is 66.7 Å². The third kappa shape index (κ3) is 4.81. The van der Waals surface area contributed by atoms with Crippen molar-refractivity contribution in [1.82, 2.24) is 10.2 Å². The van der Waals surface area contributed by atoms with Crippen LogP contribution in [0.25, 0.3) is 11.3 Å². The van der Waals surface area contributed by atoms with Crippen LogP contribution in [-0.4, -0.2) is 24.6 Å². The molecular formula is C23H20N4O3S. The molecule has 0 radical (unpaired) electrons. The van der Waals surface area contributed by atoms with Gasteiger partial charge in [0.2, 0.25) is 0 Å². The van der Waals surface area contributed by atoms with E-state index in [1.165, 1.54) is 6.20 Å². The first-order valence-corrected chi connectivity index (χ1v) is 11.2. The van der Waals surface area contributed by atoms with Crippen LogP contribution in [0.2, 0.25) is 0 Å². The van der Waals surface area contributed by atoms with Crippen LogP contribution in [-0.2, 0) is 15.6 Å². The zero-order valence-electron chi connectivity index (χ0n) is 16.4. The molecule has 4 rings (SSSR count). The van der Waals surface area contributed by atoms with Gasteiger partial charge in [0, 0.05) is 11.3 Å². The van der Waals surface area contributed by atoms with Crippen molar-refractivity contribution in [3.8, 4) is 11.3 Å². The standard InChI is InChI=1S/C23H20N4O3S/c28-23(26-21-15-24-27-22(21)17-9-3-1-4-10-17)25-20-14-8-7-11-18(20)16-31(29,30)19-12-5-2-6-13-19/h1-15H,16H2,(H,24,27)(H2,25,26,28). The number of aromatic nitrogens is 2. The van der Waals surface area contributed by atoms with Crippen molar-refractivity contribution in [3.05, 3.63) is 96.7 Å². The number of hydrogen-bond donors (Lipinski definition) is 3. The van der Waals surface area contributed by atoms with Crippen molar-refractivity contribution in [3.63, 3.8) is 0 Å². The van der Waals surface area contributed by atoms with E-state index in [1.54, 1.807) is 54.6 Å². The molecule has 7 nitrogen and oxygen atoms in total. The molecule has 0 spiro atoms. The van der Waals surface area contributed by atoms with Crippen LogP contribution in [0.15, 0.2) is 96.0 Å². The van der Waals surface area contributed by atoms with Crippen molar-refractivity contribution >= 4 is 27.2 Å². The average molecular weight is 433 g/mol. The molecule has 0 unspecified atom stereocenters. The third-order valence-electron chi connectivity index (χ3n) is 4.66. The monoisotopic (exact) mass is 432 g/mol. The number of amides is 2. The molecule has 0 aliphatic heterocycles. The van der Waals surface area contributed by atoms with Gasteiger partial charge in [0.25, 0.3) is 0 Å². The summed E-state index contributed by atoms with van der Waals surface area (Å²) in [6, 6.07) is 24.1. The summed E-state index contributed by atoms with van der Waals surface area (Å²) in [4.78, 5) is 12.9. The Hall–Kier alpha value is -3.91. The molecule has 3 aromatic carbocycles. The van der Waals surface area contributed by atoms with Gasteiger partial charge in [-0.25, -0.2) is 13.2 Å². The normalized spacial score (nSPS) is 11.1. The fourth-order valence-corrected chi connectivity index (χ4v) is 4.57.